The Morgan fingerprint density at radius 3 is 2.55 bits per heavy atom. The third-order valence-corrected chi connectivity index (χ3v) is 5.65. The molecule has 0 radical (unpaired) electrons. The number of hydrogen-bond donors (Lipinski definition) is 0. The summed E-state index contributed by atoms with van der Waals surface area (Å²) in [7, 11) is 0. The maximum Gasteiger partial charge on any atom is 0.445 e. The molecule has 10 heteroatoms. The Morgan fingerprint density at radius 2 is 1.93 bits per heavy atom. The predicted molar refractivity (Wildman–Crippen MR) is 106 cm³/mol. The third-order valence-electron chi connectivity index (χ3n) is 4.62. The smallest absolute Gasteiger partial charge is 0.445 e. The van der Waals surface area contributed by atoms with Crippen molar-refractivity contribution in [2.45, 2.75) is 32.4 Å². The molecule has 1 fully saturated rings. The van der Waals surface area contributed by atoms with Crippen LogP contribution in [-0.4, -0.2) is 42.7 Å². The number of oxime groups is 1. The van der Waals surface area contributed by atoms with E-state index in [1.165, 1.54) is 0 Å². The second-order valence-electron chi connectivity index (χ2n) is 6.68. The van der Waals surface area contributed by atoms with Crippen LogP contribution in [0.5, 0.6) is 5.75 Å². The molecule has 1 aromatic heterocycles. The van der Waals surface area contributed by atoms with E-state index in [1.54, 1.807) is 6.21 Å². The van der Waals surface area contributed by atoms with E-state index in [2.05, 4.69) is 15.4 Å². The first kappa shape index (κ1) is 21.4. The maximum absolute atomic E-state index is 12.7. The van der Waals surface area contributed by atoms with Crippen LogP contribution in [-0.2, 0) is 11.0 Å². The number of alkyl halides is 3. The molecule has 1 aliphatic rings. The van der Waals surface area contributed by atoms with Gasteiger partial charge in [0.25, 0.3) is 0 Å². The van der Waals surface area contributed by atoms with Crippen molar-refractivity contribution in [2.24, 2.45) is 11.1 Å². The van der Waals surface area contributed by atoms with Gasteiger partial charge in [-0.1, -0.05) is 16.5 Å². The molecule has 0 aliphatic carbocycles. The Bertz CT molecular complexity index is 787. The first-order valence-corrected chi connectivity index (χ1v) is 10.3. The van der Waals surface area contributed by atoms with Crippen molar-refractivity contribution in [3.05, 3.63) is 34.8 Å². The lowest BCUT2D eigenvalue weighted by Crippen LogP contribution is -2.34. The second-order valence-corrected chi connectivity index (χ2v) is 7.63. The monoisotopic (exact) mass is 428 g/mol. The van der Waals surface area contributed by atoms with Gasteiger partial charge >= 0.3 is 6.18 Å². The molecule has 1 aromatic carbocycles. The minimum absolute atomic E-state index is 0.347. The van der Waals surface area contributed by atoms with Gasteiger partial charge < -0.3 is 14.5 Å². The van der Waals surface area contributed by atoms with Crippen molar-refractivity contribution < 1.29 is 22.7 Å². The molecular weight excluding hydrogens is 405 g/mol. The lowest BCUT2D eigenvalue weighted by atomic mass is 9.94. The van der Waals surface area contributed by atoms with E-state index in [4.69, 9.17) is 9.57 Å². The fourth-order valence-corrected chi connectivity index (χ4v) is 3.80. The Hall–Kier alpha value is -2.36. The SMILES string of the molecule is CCO/N=C/c1ccc(OCCC2CCN(c3nnc(C(F)(F)F)s3)CC2)cc1. The third kappa shape index (κ3) is 6.31. The first-order valence-electron chi connectivity index (χ1n) is 9.49. The van der Waals surface area contributed by atoms with Gasteiger partial charge in [0.05, 0.1) is 12.8 Å². The molecule has 3 rings (SSSR count). The Kier molecular flexibility index (Phi) is 7.29. The number of rotatable bonds is 8. The van der Waals surface area contributed by atoms with E-state index in [9.17, 15) is 13.2 Å². The summed E-state index contributed by atoms with van der Waals surface area (Å²) in [6.07, 6.45) is -0.0733. The highest BCUT2D eigenvalue weighted by molar-refractivity contribution is 7.15. The molecular formula is C19H23F3N4O2S. The Labute approximate surface area is 171 Å². The van der Waals surface area contributed by atoms with E-state index in [1.807, 2.05) is 36.1 Å². The second kappa shape index (κ2) is 9.91. The van der Waals surface area contributed by atoms with Gasteiger partial charge in [0, 0.05) is 13.1 Å². The lowest BCUT2D eigenvalue weighted by Gasteiger charge is -2.31. The van der Waals surface area contributed by atoms with Crippen LogP contribution in [0.15, 0.2) is 29.4 Å². The summed E-state index contributed by atoms with van der Waals surface area (Å²) in [6.45, 7) is 4.38. The van der Waals surface area contributed by atoms with Crippen molar-refractivity contribution >= 4 is 22.7 Å². The van der Waals surface area contributed by atoms with E-state index < -0.39 is 11.2 Å². The van der Waals surface area contributed by atoms with Crippen molar-refractivity contribution in [2.75, 3.05) is 31.2 Å². The van der Waals surface area contributed by atoms with Gasteiger partial charge in [0.2, 0.25) is 10.1 Å². The van der Waals surface area contributed by atoms with Crippen LogP contribution in [0.25, 0.3) is 0 Å². The lowest BCUT2D eigenvalue weighted by molar-refractivity contribution is -0.138. The van der Waals surface area contributed by atoms with Crippen LogP contribution < -0.4 is 9.64 Å². The summed E-state index contributed by atoms with van der Waals surface area (Å²) in [5.41, 5.74) is 0.934. The van der Waals surface area contributed by atoms with Gasteiger partial charge in [0.1, 0.15) is 12.4 Å². The fourth-order valence-electron chi connectivity index (χ4n) is 3.04. The fraction of sp³-hybridized carbons (Fsp3) is 0.526. The molecule has 0 unspecified atom stereocenters. The summed E-state index contributed by atoms with van der Waals surface area (Å²) >= 11 is 0.607. The molecule has 0 N–H and O–H groups in total. The van der Waals surface area contributed by atoms with Crippen LogP contribution in [0.1, 0.15) is 36.8 Å². The topological polar surface area (TPSA) is 59.8 Å². The number of anilines is 1. The molecule has 2 aromatic rings. The first-order chi connectivity index (χ1) is 14.0. The van der Waals surface area contributed by atoms with Gasteiger partial charge in [0.15, 0.2) is 0 Å². The molecule has 0 saturated carbocycles. The quantitative estimate of drug-likeness (QED) is 0.454. The van der Waals surface area contributed by atoms with Crippen molar-refractivity contribution in [1.82, 2.24) is 10.2 Å². The zero-order valence-electron chi connectivity index (χ0n) is 16.1. The molecule has 6 nitrogen and oxygen atoms in total. The van der Waals surface area contributed by atoms with Gasteiger partial charge in [-0.3, -0.25) is 0 Å². The number of ether oxygens (including phenoxy) is 1. The number of aromatic nitrogens is 2. The number of benzene rings is 1. The maximum atomic E-state index is 12.7. The summed E-state index contributed by atoms with van der Waals surface area (Å²) in [4.78, 5) is 6.81. The van der Waals surface area contributed by atoms with E-state index in [0.29, 0.717) is 48.7 Å². The van der Waals surface area contributed by atoms with Crippen molar-refractivity contribution in [3.63, 3.8) is 0 Å². The molecule has 0 amide bonds. The van der Waals surface area contributed by atoms with Crippen LogP contribution >= 0.6 is 11.3 Å². The number of hydrogen-bond acceptors (Lipinski definition) is 7. The molecule has 0 atom stereocenters. The molecule has 0 bridgehead atoms. The van der Waals surface area contributed by atoms with Crippen LogP contribution in [0.3, 0.4) is 0 Å². The molecule has 2 heterocycles. The zero-order valence-corrected chi connectivity index (χ0v) is 16.9. The van der Waals surface area contributed by atoms with Crippen molar-refractivity contribution in [1.29, 1.82) is 0 Å². The largest absolute Gasteiger partial charge is 0.494 e. The van der Waals surface area contributed by atoms with Gasteiger partial charge in [-0.15, -0.1) is 10.2 Å². The Morgan fingerprint density at radius 1 is 1.21 bits per heavy atom. The minimum Gasteiger partial charge on any atom is -0.494 e. The van der Waals surface area contributed by atoms with Crippen molar-refractivity contribution in [3.8, 4) is 5.75 Å². The highest BCUT2D eigenvalue weighted by Crippen LogP contribution is 2.35. The molecule has 0 spiro atoms. The summed E-state index contributed by atoms with van der Waals surface area (Å²) < 4.78 is 43.8. The highest BCUT2D eigenvalue weighted by Gasteiger charge is 2.36. The predicted octanol–water partition coefficient (Wildman–Crippen LogP) is 4.61. The van der Waals surface area contributed by atoms with E-state index in [0.717, 1.165) is 30.6 Å². The summed E-state index contributed by atoms with van der Waals surface area (Å²) in [6, 6.07) is 7.61. The Balaban J connectivity index is 1.38. The van der Waals surface area contributed by atoms with E-state index >= 15 is 0 Å². The summed E-state index contributed by atoms with van der Waals surface area (Å²) in [5, 5.41) is 10.2. The van der Waals surface area contributed by atoms with Crippen LogP contribution in [0.4, 0.5) is 18.3 Å². The molecule has 158 valence electrons. The number of nitrogens with zero attached hydrogens (tertiary/aromatic N) is 4. The zero-order chi connectivity index (χ0) is 20.7. The number of piperidine rings is 1. The average molecular weight is 428 g/mol. The normalized spacial score (nSPS) is 15.8. The summed E-state index contributed by atoms with van der Waals surface area (Å²) in [5.74, 6) is 1.28. The van der Waals surface area contributed by atoms with Gasteiger partial charge in [-0.05, 0) is 61.9 Å². The standard InChI is InChI=1S/C19H23F3N4O2S/c1-2-28-23-13-15-3-5-16(6-4-15)27-12-9-14-7-10-26(11-8-14)18-25-24-17(29-18)19(20,21)22/h3-6,13-14H,2,7-12H2,1H3/b23-13+. The van der Waals surface area contributed by atoms with Crippen LogP contribution in [0, 0.1) is 5.92 Å². The van der Waals surface area contributed by atoms with Crippen LogP contribution in [0.2, 0.25) is 0 Å². The number of halogens is 3. The van der Waals surface area contributed by atoms with Gasteiger partial charge in [-0.25, -0.2) is 0 Å². The molecule has 1 saturated heterocycles. The minimum atomic E-state index is -4.43. The molecule has 29 heavy (non-hydrogen) atoms. The molecule has 1 aliphatic heterocycles. The van der Waals surface area contributed by atoms with Gasteiger partial charge in [-0.2, -0.15) is 13.2 Å². The average Bonchev–Trinajstić information content (AvgIpc) is 3.21. The van der Waals surface area contributed by atoms with E-state index in [-0.39, 0.29) is 0 Å². The highest BCUT2D eigenvalue weighted by atomic mass is 32.1.